The number of benzene rings is 1. The third-order valence-corrected chi connectivity index (χ3v) is 3.93. The van der Waals surface area contributed by atoms with Crippen LogP contribution in [0.25, 0.3) is 10.9 Å². The van der Waals surface area contributed by atoms with Crippen molar-refractivity contribution >= 4 is 28.4 Å². The average Bonchev–Trinajstić information content (AvgIpc) is 2.36. The predicted molar refractivity (Wildman–Crippen MR) is 72.4 cm³/mol. The molecule has 0 aliphatic rings. The molecule has 0 atom stereocenters. The van der Waals surface area contributed by atoms with Gasteiger partial charge in [0.2, 0.25) is 5.43 Å². The third-order valence-electron chi connectivity index (χ3n) is 3.04. The molecule has 0 spiro atoms. The van der Waals surface area contributed by atoms with Crippen molar-refractivity contribution < 1.29 is 4.92 Å². The highest BCUT2D eigenvalue weighted by Gasteiger charge is 2.14. The summed E-state index contributed by atoms with van der Waals surface area (Å²) in [7, 11) is 1.81. The SMILES string of the molecule is CSc1c(C)n(C)c2cc([N+](=O)[O-])ccc2c1=O. The number of fused-ring (bicyclic) bond motifs is 1. The van der Waals surface area contributed by atoms with Crippen molar-refractivity contribution in [3.05, 3.63) is 44.2 Å². The molecule has 0 saturated heterocycles. The second-order valence-corrected chi connectivity index (χ2v) is 4.78. The number of pyridine rings is 1. The lowest BCUT2D eigenvalue weighted by atomic mass is 10.1. The number of aryl methyl sites for hydroxylation is 1. The molecule has 0 N–H and O–H groups in total. The van der Waals surface area contributed by atoms with E-state index in [1.54, 1.807) is 7.05 Å². The number of thioether (sulfide) groups is 1. The summed E-state index contributed by atoms with van der Waals surface area (Å²) in [4.78, 5) is 23.2. The summed E-state index contributed by atoms with van der Waals surface area (Å²) in [5.41, 5.74) is 1.33. The van der Waals surface area contributed by atoms with Crippen molar-refractivity contribution in [2.24, 2.45) is 7.05 Å². The minimum Gasteiger partial charge on any atom is -0.346 e. The molecular formula is C12H12N2O3S. The van der Waals surface area contributed by atoms with Crippen molar-refractivity contribution in [2.45, 2.75) is 11.8 Å². The summed E-state index contributed by atoms with van der Waals surface area (Å²) >= 11 is 1.39. The highest BCUT2D eigenvalue weighted by molar-refractivity contribution is 7.98. The molecule has 1 aromatic carbocycles. The predicted octanol–water partition coefficient (Wildman–Crippen LogP) is 2.48. The molecule has 6 heteroatoms. The number of aromatic nitrogens is 1. The third kappa shape index (κ3) is 1.78. The Morgan fingerprint density at radius 2 is 2.06 bits per heavy atom. The molecule has 0 radical (unpaired) electrons. The van der Waals surface area contributed by atoms with Gasteiger partial charge in [-0.3, -0.25) is 14.9 Å². The summed E-state index contributed by atoms with van der Waals surface area (Å²) in [5, 5.41) is 11.3. The number of rotatable bonds is 2. The van der Waals surface area contributed by atoms with E-state index < -0.39 is 4.92 Å². The van der Waals surface area contributed by atoms with E-state index in [1.807, 2.05) is 17.7 Å². The van der Waals surface area contributed by atoms with Gasteiger partial charge >= 0.3 is 0 Å². The van der Waals surface area contributed by atoms with E-state index in [2.05, 4.69) is 0 Å². The lowest BCUT2D eigenvalue weighted by Crippen LogP contribution is -2.13. The number of hydrogen-bond donors (Lipinski definition) is 0. The van der Waals surface area contributed by atoms with Crippen LogP contribution in [0.4, 0.5) is 5.69 Å². The monoisotopic (exact) mass is 264 g/mol. The van der Waals surface area contributed by atoms with Crippen LogP contribution < -0.4 is 5.43 Å². The Morgan fingerprint density at radius 3 is 2.61 bits per heavy atom. The Morgan fingerprint density at radius 1 is 1.39 bits per heavy atom. The number of nitrogens with zero attached hydrogens (tertiary/aromatic N) is 2. The summed E-state index contributed by atoms with van der Waals surface area (Å²) in [6.45, 7) is 1.84. The summed E-state index contributed by atoms with van der Waals surface area (Å²) in [6.07, 6.45) is 1.85. The van der Waals surface area contributed by atoms with Gasteiger partial charge < -0.3 is 4.57 Å². The van der Waals surface area contributed by atoms with Crippen LogP contribution in [-0.2, 0) is 7.05 Å². The smallest absolute Gasteiger partial charge is 0.271 e. The second kappa shape index (κ2) is 4.45. The van der Waals surface area contributed by atoms with Crippen molar-refractivity contribution in [2.75, 3.05) is 6.26 Å². The first kappa shape index (κ1) is 12.6. The second-order valence-electron chi connectivity index (χ2n) is 3.97. The van der Waals surface area contributed by atoms with Crippen LogP contribution >= 0.6 is 11.8 Å². The lowest BCUT2D eigenvalue weighted by molar-refractivity contribution is -0.384. The highest BCUT2D eigenvalue weighted by Crippen LogP contribution is 2.23. The zero-order valence-corrected chi connectivity index (χ0v) is 11.1. The molecule has 0 fully saturated rings. The van der Waals surface area contributed by atoms with E-state index in [0.29, 0.717) is 15.8 Å². The van der Waals surface area contributed by atoms with Crippen LogP contribution in [0.2, 0.25) is 0 Å². The molecule has 2 aromatic rings. The largest absolute Gasteiger partial charge is 0.346 e. The zero-order chi connectivity index (χ0) is 13.4. The Bertz CT molecular complexity index is 707. The molecule has 1 aromatic heterocycles. The van der Waals surface area contributed by atoms with E-state index in [1.165, 1.54) is 30.0 Å². The Kier molecular flexibility index (Phi) is 3.13. The average molecular weight is 264 g/mol. The Hall–Kier alpha value is -1.82. The van der Waals surface area contributed by atoms with Crippen LogP contribution in [-0.4, -0.2) is 15.7 Å². The van der Waals surface area contributed by atoms with Gasteiger partial charge in [0.25, 0.3) is 5.69 Å². The van der Waals surface area contributed by atoms with Crippen molar-refractivity contribution in [1.82, 2.24) is 4.57 Å². The van der Waals surface area contributed by atoms with Gasteiger partial charge in [-0.15, -0.1) is 11.8 Å². The fourth-order valence-corrected chi connectivity index (χ4v) is 2.69. The normalized spacial score (nSPS) is 10.8. The van der Waals surface area contributed by atoms with Crippen LogP contribution in [0.3, 0.4) is 0 Å². The Labute approximate surface area is 108 Å². The zero-order valence-electron chi connectivity index (χ0n) is 10.3. The van der Waals surface area contributed by atoms with E-state index in [4.69, 9.17) is 0 Å². The molecule has 18 heavy (non-hydrogen) atoms. The number of nitro groups is 1. The maximum atomic E-state index is 12.2. The maximum absolute atomic E-state index is 12.2. The van der Waals surface area contributed by atoms with Crippen molar-refractivity contribution in [1.29, 1.82) is 0 Å². The molecule has 0 aliphatic carbocycles. The first-order valence-corrected chi connectivity index (χ1v) is 6.51. The highest BCUT2D eigenvalue weighted by atomic mass is 32.2. The number of non-ortho nitro benzene ring substituents is 1. The molecule has 0 unspecified atom stereocenters. The minimum absolute atomic E-state index is 0.00574. The summed E-state index contributed by atoms with van der Waals surface area (Å²) in [5.74, 6) is 0. The molecule has 0 bridgehead atoms. The van der Waals surface area contributed by atoms with E-state index in [0.717, 1.165) is 5.69 Å². The Balaban J connectivity index is 2.94. The molecule has 2 rings (SSSR count). The molecule has 0 aliphatic heterocycles. The summed E-state index contributed by atoms with van der Waals surface area (Å²) < 4.78 is 1.82. The van der Waals surface area contributed by atoms with E-state index in [-0.39, 0.29) is 11.1 Å². The fourth-order valence-electron chi connectivity index (χ4n) is 1.96. The van der Waals surface area contributed by atoms with Gasteiger partial charge in [0.05, 0.1) is 15.3 Å². The van der Waals surface area contributed by atoms with Crippen LogP contribution in [0, 0.1) is 17.0 Å². The first-order chi connectivity index (χ1) is 8.47. The quantitative estimate of drug-likeness (QED) is 0.475. The van der Waals surface area contributed by atoms with Gasteiger partial charge in [0.1, 0.15) is 0 Å². The molecule has 1 heterocycles. The van der Waals surface area contributed by atoms with Gasteiger partial charge in [-0.25, -0.2) is 0 Å². The number of nitro benzene ring substituents is 1. The van der Waals surface area contributed by atoms with Gasteiger partial charge in [-0.05, 0) is 19.2 Å². The lowest BCUT2D eigenvalue weighted by Gasteiger charge is -2.12. The molecule has 94 valence electrons. The first-order valence-electron chi connectivity index (χ1n) is 5.29. The minimum atomic E-state index is -0.457. The topological polar surface area (TPSA) is 65.1 Å². The summed E-state index contributed by atoms with van der Waals surface area (Å²) in [6, 6.07) is 4.33. The molecular weight excluding hydrogens is 252 g/mol. The van der Waals surface area contributed by atoms with Gasteiger partial charge in [-0.1, -0.05) is 0 Å². The van der Waals surface area contributed by atoms with Crippen LogP contribution in [0.15, 0.2) is 27.9 Å². The van der Waals surface area contributed by atoms with Crippen LogP contribution in [0.1, 0.15) is 5.69 Å². The van der Waals surface area contributed by atoms with Gasteiger partial charge in [-0.2, -0.15) is 0 Å². The van der Waals surface area contributed by atoms with Crippen molar-refractivity contribution in [3.63, 3.8) is 0 Å². The maximum Gasteiger partial charge on any atom is 0.271 e. The number of hydrogen-bond acceptors (Lipinski definition) is 4. The molecule has 0 amide bonds. The molecule has 0 saturated carbocycles. The molecule has 5 nitrogen and oxygen atoms in total. The van der Waals surface area contributed by atoms with Gasteiger partial charge in [0, 0.05) is 30.3 Å². The van der Waals surface area contributed by atoms with E-state index >= 15 is 0 Å². The standard InChI is InChI=1S/C12H12N2O3S/c1-7-12(18-3)11(15)9-5-4-8(14(16)17)6-10(9)13(7)2/h4-6H,1-3H3. The van der Waals surface area contributed by atoms with Gasteiger partial charge in [0.15, 0.2) is 0 Å². The van der Waals surface area contributed by atoms with Crippen LogP contribution in [0.5, 0.6) is 0 Å². The fraction of sp³-hybridized carbons (Fsp3) is 0.250. The van der Waals surface area contributed by atoms with Crippen molar-refractivity contribution in [3.8, 4) is 0 Å². The van der Waals surface area contributed by atoms with E-state index in [9.17, 15) is 14.9 Å².